The van der Waals surface area contributed by atoms with E-state index in [-0.39, 0.29) is 18.3 Å². The van der Waals surface area contributed by atoms with Crippen molar-refractivity contribution in [3.8, 4) is 0 Å². The van der Waals surface area contributed by atoms with Crippen LogP contribution in [0, 0.1) is 5.92 Å². The first-order valence-corrected chi connectivity index (χ1v) is 9.52. The van der Waals surface area contributed by atoms with Crippen LogP contribution in [0.1, 0.15) is 44.1 Å². The zero-order valence-electron chi connectivity index (χ0n) is 15.4. The molecule has 0 atom stereocenters. The minimum Gasteiger partial charge on any atom is -0.399 e. The van der Waals surface area contributed by atoms with Gasteiger partial charge in [0, 0.05) is 44.7 Å². The zero-order valence-corrected chi connectivity index (χ0v) is 16.2. The number of nitrogens with two attached hydrogens (primary N) is 1. The fourth-order valence-corrected chi connectivity index (χ4v) is 3.89. The van der Waals surface area contributed by atoms with Gasteiger partial charge in [-0.05, 0) is 49.7 Å². The van der Waals surface area contributed by atoms with Crippen LogP contribution >= 0.6 is 12.4 Å². The Balaban J connectivity index is 0.00000243. The molecule has 2 aliphatic heterocycles. The average Bonchev–Trinajstić information content (AvgIpc) is 3.16. The molecular weight excluding hydrogens is 350 g/mol. The summed E-state index contributed by atoms with van der Waals surface area (Å²) in [6.07, 6.45) is 6.03. The van der Waals surface area contributed by atoms with Crippen molar-refractivity contribution in [2.24, 2.45) is 5.92 Å². The molecule has 0 saturated carbocycles. The molecule has 0 bridgehead atoms. The van der Waals surface area contributed by atoms with Gasteiger partial charge in [0.25, 0.3) is 0 Å². The number of hydrogen-bond acceptors (Lipinski definition) is 3. The van der Waals surface area contributed by atoms with E-state index in [0.717, 1.165) is 63.1 Å². The number of para-hydroxylation sites is 1. The summed E-state index contributed by atoms with van der Waals surface area (Å²) >= 11 is 0. The summed E-state index contributed by atoms with van der Waals surface area (Å²) < 4.78 is 0. The van der Waals surface area contributed by atoms with Gasteiger partial charge < -0.3 is 15.5 Å². The van der Waals surface area contributed by atoms with Crippen molar-refractivity contribution in [1.82, 2.24) is 9.80 Å². The molecule has 144 valence electrons. The highest BCUT2D eigenvalue weighted by Gasteiger charge is 2.26. The van der Waals surface area contributed by atoms with Crippen LogP contribution in [0.15, 0.2) is 24.3 Å². The largest absolute Gasteiger partial charge is 0.399 e. The van der Waals surface area contributed by atoms with Gasteiger partial charge >= 0.3 is 0 Å². The molecule has 6 heteroatoms. The predicted octanol–water partition coefficient (Wildman–Crippen LogP) is 2.87. The Morgan fingerprint density at radius 2 is 1.58 bits per heavy atom. The maximum atomic E-state index is 12.4. The number of anilines is 1. The van der Waals surface area contributed by atoms with Gasteiger partial charge in [0.2, 0.25) is 11.8 Å². The topological polar surface area (TPSA) is 66.6 Å². The van der Waals surface area contributed by atoms with E-state index < -0.39 is 0 Å². The fourth-order valence-electron chi connectivity index (χ4n) is 3.89. The first-order valence-electron chi connectivity index (χ1n) is 9.52. The highest BCUT2D eigenvalue weighted by molar-refractivity contribution is 5.85. The van der Waals surface area contributed by atoms with E-state index in [1.54, 1.807) is 0 Å². The monoisotopic (exact) mass is 379 g/mol. The Morgan fingerprint density at radius 1 is 0.962 bits per heavy atom. The summed E-state index contributed by atoms with van der Waals surface area (Å²) in [5, 5.41) is 0. The van der Waals surface area contributed by atoms with E-state index in [1.807, 2.05) is 34.1 Å². The third-order valence-corrected chi connectivity index (χ3v) is 5.55. The number of carbonyl (C=O) groups is 2. The van der Waals surface area contributed by atoms with Gasteiger partial charge in [-0.2, -0.15) is 0 Å². The summed E-state index contributed by atoms with van der Waals surface area (Å²) in [5.74, 6) is 0.941. The summed E-state index contributed by atoms with van der Waals surface area (Å²) in [6, 6.07) is 7.73. The lowest BCUT2D eigenvalue weighted by molar-refractivity contribution is -0.133. The van der Waals surface area contributed by atoms with E-state index in [1.165, 1.54) is 0 Å². The van der Waals surface area contributed by atoms with E-state index >= 15 is 0 Å². The van der Waals surface area contributed by atoms with E-state index in [9.17, 15) is 9.59 Å². The number of benzene rings is 1. The molecule has 2 N–H and O–H groups in total. The molecule has 0 spiro atoms. The number of nitrogens with zero attached hydrogens (tertiary/aromatic N) is 2. The van der Waals surface area contributed by atoms with Crippen LogP contribution in [-0.2, 0) is 16.0 Å². The number of amides is 2. The molecule has 2 heterocycles. The molecule has 2 fully saturated rings. The van der Waals surface area contributed by atoms with Crippen molar-refractivity contribution < 1.29 is 9.59 Å². The molecule has 1 aromatic carbocycles. The van der Waals surface area contributed by atoms with Gasteiger partial charge in [0.1, 0.15) is 0 Å². The zero-order chi connectivity index (χ0) is 17.6. The van der Waals surface area contributed by atoms with Gasteiger partial charge in [-0.25, -0.2) is 0 Å². The van der Waals surface area contributed by atoms with Crippen molar-refractivity contribution in [3.05, 3.63) is 29.8 Å². The van der Waals surface area contributed by atoms with Crippen molar-refractivity contribution in [2.45, 2.75) is 44.9 Å². The van der Waals surface area contributed by atoms with Gasteiger partial charge in [0.05, 0.1) is 0 Å². The predicted molar refractivity (Wildman–Crippen MR) is 106 cm³/mol. The number of aryl methyl sites for hydroxylation is 1. The van der Waals surface area contributed by atoms with Crippen molar-refractivity contribution in [1.29, 1.82) is 0 Å². The number of nitrogen functional groups attached to an aromatic ring is 1. The van der Waals surface area contributed by atoms with Crippen molar-refractivity contribution >= 4 is 29.9 Å². The van der Waals surface area contributed by atoms with Crippen LogP contribution < -0.4 is 5.73 Å². The number of rotatable bonds is 5. The lowest BCUT2D eigenvalue weighted by Crippen LogP contribution is -2.40. The lowest BCUT2D eigenvalue weighted by atomic mass is 9.92. The Kier molecular flexibility index (Phi) is 7.76. The number of carbonyl (C=O) groups excluding carboxylic acids is 2. The van der Waals surface area contributed by atoms with Crippen LogP contribution in [0.2, 0.25) is 0 Å². The SMILES string of the molecule is Cl.Nc1ccccc1CCC(=O)N1CCC(CC(=O)N2CCCC2)CC1. The van der Waals surface area contributed by atoms with Crippen LogP contribution in [0.5, 0.6) is 0 Å². The molecule has 26 heavy (non-hydrogen) atoms. The molecule has 5 nitrogen and oxygen atoms in total. The quantitative estimate of drug-likeness (QED) is 0.800. The maximum Gasteiger partial charge on any atom is 0.222 e. The van der Waals surface area contributed by atoms with Crippen LogP contribution in [-0.4, -0.2) is 47.8 Å². The first-order chi connectivity index (χ1) is 12.1. The number of likely N-dealkylation sites (tertiary alicyclic amines) is 2. The molecule has 2 aliphatic rings. The molecule has 1 aromatic rings. The summed E-state index contributed by atoms with van der Waals surface area (Å²) in [4.78, 5) is 28.6. The maximum absolute atomic E-state index is 12.4. The highest BCUT2D eigenvalue weighted by atomic mass is 35.5. The summed E-state index contributed by atoms with van der Waals surface area (Å²) in [5.41, 5.74) is 7.74. The number of piperidine rings is 1. The first kappa shape index (κ1) is 20.6. The average molecular weight is 380 g/mol. The second-order valence-electron chi connectivity index (χ2n) is 7.31. The second kappa shape index (κ2) is 9.81. The molecule has 0 aliphatic carbocycles. The van der Waals surface area contributed by atoms with Crippen LogP contribution in [0.4, 0.5) is 5.69 Å². The Bertz CT molecular complexity index is 609. The van der Waals surface area contributed by atoms with Crippen LogP contribution in [0.25, 0.3) is 0 Å². The smallest absolute Gasteiger partial charge is 0.222 e. The van der Waals surface area contributed by atoms with Gasteiger partial charge in [0.15, 0.2) is 0 Å². The summed E-state index contributed by atoms with van der Waals surface area (Å²) in [7, 11) is 0. The molecule has 0 unspecified atom stereocenters. The third kappa shape index (κ3) is 5.37. The Hall–Kier alpha value is -1.75. The van der Waals surface area contributed by atoms with Crippen molar-refractivity contribution in [3.63, 3.8) is 0 Å². The molecule has 3 rings (SSSR count). The Morgan fingerprint density at radius 3 is 2.23 bits per heavy atom. The van der Waals surface area contributed by atoms with Gasteiger partial charge in [-0.15, -0.1) is 12.4 Å². The molecular formula is C20H30ClN3O2. The minimum absolute atomic E-state index is 0. The van der Waals surface area contributed by atoms with Gasteiger partial charge in [-0.1, -0.05) is 18.2 Å². The lowest BCUT2D eigenvalue weighted by Gasteiger charge is -2.32. The normalized spacial score (nSPS) is 17.8. The van der Waals surface area contributed by atoms with E-state index in [4.69, 9.17) is 5.73 Å². The summed E-state index contributed by atoms with van der Waals surface area (Å²) in [6.45, 7) is 3.42. The van der Waals surface area contributed by atoms with Gasteiger partial charge in [-0.3, -0.25) is 9.59 Å². The third-order valence-electron chi connectivity index (χ3n) is 5.55. The molecule has 0 aromatic heterocycles. The standard InChI is InChI=1S/C20H29N3O2.ClH/c21-18-6-2-1-5-17(18)7-8-19(24)23-13-9-16(10-14-23)15-20(25)22-11-3-4-12-22;/h1-2,5-6,16H,3-4,7-15,21H2;1H. The van der Waals surface area contributed by atoms with Crippen molar-refractivity contribution in [2.75, 3.05) is 31.9 Å². The minimum atomic E-state index is 0. The highest BCUT2D eigenvalue weighted by Crippen LogP contribution is 2.23. The Labute approximate surface area is 162 Å². The second-order valence-corrected chi connectivity index (χ2v) is 7.31. The number of hydrogen-bond donors (Lipinski definition) is 1. The molecule has 2 amide bonds. The van der Waals surface area contributed by atoms with E-state index in [2.05, 4.69) is 0 Å². The van der Waals surface area contributed by atoms with Crippen LogP contribution in [0.3, 0.4) is 0 Å². The fraction of sp³-hybridized carbons (Fsp3) is 0.600. The molecule has 0 radical (unpaired) electrons. The number of halogens is 1. The van der Waals surface area contributed by atoms with E-state index in [0.29, 0.717) is 31.1 Å². The molecule has 2 saturated heterocycles.